The molecule has 2 amide bonds. The third kappa shape index (κ3) is 4.82. The summed E-state index contributed by atoms with van der Waals surface area (Å²) in [5.74, 6) is -1.66. The first-order chi connectivity index (χ1) is 15.7. The van der Waals surface area contributed by atoms with E-state index in [9.17, 15) is 19.2 Å². The molecule has 9 nitrogen and oxygen atoms in total. The van der Waals surface area contributed by atoms with Gasteiger partial charge in [-0.25, -0.2) is 9.59 Å². The molecule has 0 spiro atoms. The molecule has 0 unspecified atom stereocenters. The number of hydrogen-bond acceptors (Lipinski definition) is 5. The Hall–Kier alpha value is -3.88. The van der Waals surface area contributed by atoms with Crippen molar-refractivity contribution >= 4 is 34.5 Å². The zero-order valence-corrected chi connectivity index (χ0v) is 19.3. The van der Waals surface area contributed by atoms with E-state index in [4.69, 9.17) is 10.5 Å². The van der Waals surface area contributed by atoms with Gasteiger partial charge in [0, 0.05) is 12.2 Å². The normalized spacial score (nSPS) is 10.9. The van der Waals surface area contributed by atoms with Crippen molar-refractivity contribution in [3.8, 4) is 0 Å². The van der Waals surface area contributed by atoms with Gasteiger partial charge >= 0.3 is 11.7 Å². The molecule has 33 heavy (non-hydrogen) atoms. The minimum atomic E-state index is -0.701. The maximum Gasteiger partial charge on any atom is 0.338 e. The largest absolute Gasteiger partial charge is 0.462 e. The summed E-state index contributed by atoms with van der Waals surface area (Å²) in [5.41, 5.74) is 9.22. The molecule has 2 N–H and O–H groups in total. The van der Waals surface area contributed by atoms with Crippen molar-refractivity contribution in [3.05, 3.63) is 63.6 Å². The number of esters is 1. The van der Waals surface area contributed by atoms with Crippen molar-refractivity contribution in [2.45, 2.75) is 40.8 Å². The first kappa shape index (κ1) is 23.8. The second kappa shape index (κ2) is 9.72. The summed E-state index contributed by atoms with van der Waals surface area (Å²) >= 11 is 0. The maximum atomic E-state index is 13.3. The van der Waals surface area contributed by atoms with Gasteiger partial charge in [-0.15, -0.1) is 0 Å². The fourth-order valence-corrected chi connectivity index (χ4v) is 3.72. The standard InChI is InChI=1S/C24H28N4O5/c1-5-26-19-11-15(3)16(4)12-20(19)28(24(26)32)14-22(30)27(13-21(25)29)18-9-7-17(8-10-18)23(31)33-6-2/h7-12H,5-6,13-14H2,1-4H3,(H2,25,29). The second-order valence-corrected chi connectivity index (χ2v) is 7.75. The molecular weight excluding hydrogens is 424 g/mol. The maximum absolute atomic E-state index is 13.3. The van der Waals surface area contributed by atoms with E-state index < -0.39 is 17.8 Å². The molecule has 9 heteroatoms. The van der Waals surface area contributed by atoms with Crippen LogP contribution in [0.1, 0.15) is 35.3 Å². The number of imidazole rings is 1. The van der Waals surface area contributed by atoms with Crippen molar-refractivity contribution in [3.63, 3.8) is 0 Å². The topological polar surface area (TPSA) is 117 Å². The Morgan fingerprint density at radius 1 is 0.970 bits per heavy atom. The molecule has 0 saturated heterocycles. The lowest BCUT2D eigenvalue weighted by Crippen LogP contribution is -2.41. The van der Waals surface area contributed by atoms with E-state index in [0.717, 1.165) is 16.6 Å². The van der Waals surface area contributed by atoms with Gasteiger partial charge in [0.05, 0.1) is 23.2 Å². The quantitative estimate of drug-likeness (QED) is 0.526. The lowest BCUT2D eigenvalue weighted by molar-refractivity contribution is -0.122. The number of fused-ring (bicyclic) bond motifs is 1. The molecule has 0 bridgehead atoms. The highest BCUT2D eigenvalue weighted by molar-refractivity contribution is 5.99. The number of aromatic nitrogens is 2. The highest BCUT2D eigenvalue weighted by atomic mass is 16.5. The Labute approximate surface area is 191 Å². The van der Waals surface area contributed by atoms with Gasteiger partial charge in [0.25, 0.3) is 0 Å². The molecule has 0 aliphatic rings. The molecule has 174 valence electrons. The Morgan fingerprint density at radius 3 is 2.06 bits per heavy atom. The van der Waals surface area contributed by atoms with Gasteiger partial charge in [0.1, 0.15) is 13.1 Å². The van der Waals surface area contributed by atoms with E-state index in [1.807, 2.05) is 32.9 Å². The number of carbonyl (C=O) groups excluding carboxylic acids is 3. The van der Waals surface area contributed by atoms with Gasteiger partial charge in [-0.1, -0.05) is 0 Å². The predicted molar refractivity (Wildman–Crippen MR) is 125 cm³/mol. The Balaban J connectivity index is 1.99. The summed E-state index contributed by atoms with van der Waals surface area (Å²) in [6.07, 6.45) is 0. The number of rotatable bonds is 8. The number of aryl methyl sites for hydroxylation is 3. The first-order valence-corrected chi connectivity index (χ1v) is 10.7. The number of nitrogens with two attached hydrogens (primary N) is 1. The highest BCUT2D eigenvalue weighted by Crippen LogP contribution is 2.21. The summed E-state index contributed by atoms with van der Waals surface area (Å²) in [6, 6.07) is 9.92. The fraction of sp³-hybridized carbons (Fsp3) is 0.333. The molecule has 0 aliphatic heterocycles. The third-order valence-corrected chi connectivity index (χ3v) is 5.55. The molecule has 0 radical (unpaired) electrons. The second-order valence-electron chi connectivity index (χ2n) is 7.75. The van der Waals surface area contributed by atoms with E-state index in [2.05, 4.69) is 0 Å². The highest BCUT2D eigenvalue weighted by Gasteiger charge is 2.22. The minimum Gasteiger partial charge on any atom is -0.462 e. The van der Waals surface area contributed by atoms with Crippen molar-refractivity contribution in [1.29, 1.82) is 0 Å². The smallest absolute Gasteiger partial charge is 0.338 e. The van der Waals surface area contributed by atoms with E-state index in [0.29, 0.717) is 23.3 Å². The van der Waals surface area contributed by atoms with E-state index in [-0.39, 0.29) is 25.4 Å². The Morgan fingerprint density at radius 2 is 1.55 bits per heavy atom. The average Bonchev–Trinajstić information content (AvgIpc) is 3.02. The van der Waals surface area contributed by atoms with Gasteiger partial charge in [-0.05, 0) is 75.2 Å². The first-order valence-electron chi connectivity index (χ1n) is 10.7. The van der Waals surface area contributed by atoms with Crippen LogP contribution in [0, 0.1) is 13.8 Å². The number of primary amides is 1. The molecule has 1 aromatic heterocycles. The predicted octanol–water partition coefficient (Wildman–Crippen LogP) is 2.13. The number of ether oxygens (including phenoxy) is 1. The van der Waals surface area contributed by atoms with Crippen molar-refractivity contribution in [2.24, 2.45) is 5.73 Å². The van der Waals surface area contributed by atoms with Crippen molar-refractivity contribution in [2.75, 3.05) is 18.1 Å². The fourth-order valence-electron chi connectivity index (χ4n) is 3.72. The molecule has 3 aromatic rings. The SMILES string of the molecule is CCOC(=O)c1ccc(N(CC(N)=O)C(=O)Cn2c(=O)n(CC)c3cc(C)c(C)cc32)cc1. The number of hydrogen-bond donors (Lipinski definition) is 1. The average molecular weight is 453 g/mol. The van der Waals surface area contributed by atoms with Crippen molar-refractivity contribution < 1.29 is 19.1 Å². The molecular formula is C24H28N4O5. The number of anilines is 1. The van der Waals surface area contributed by atoms with Crippen molar-refractivity contribution in [1.82, 2.24) is 9.13 Å². The van der Waals surface area contributed by atoms with Crippen LogP contribution < -0.4 is 16.3 Å². The van der Waals surface area contributed by atoms with Crippen LogP contribution in [0.2, 0.25) is 0 Å². The van der Waals surface area contributed by atoms with Crippen LogP contribution in [0.3, 0.4) is 0 Å². The summed E-state index contributed by atoms with van der Waals surface area (Å²) in [5, 5.41) is 0. The summed E-state index contributed by atoms with van der Waals surface area (Å²) < 4.78 is 7.99. The number of amides is 2. The third-order valence-electron chi connectivity index (χ3n) is 5.55. The molecule has 0 saturated carbocycles. The summed E-state index contributed by atoms with van der Waals surface area (Å²) in [4.78, 5) is 51.1. The Bertz CT molecular complexity index is 1270. The van der Waals surface area contributed by atoms with E-state index in [1.165, 1.54) is 21.6 Å². The summed E-state index contributed by atoms with van der Waals surface area (Å²) in [7, 11) is 0. The number of carbonyl (C=O) groups is 3. The molecule has 2 aromatic carbocycles. The van der Waals surface area contributed by atoms with Crippen LogP contribution in [0.4, 0.5) is 5.69 Å². The van der Waals surface area contributed by atoms with E-state index in [1.54, 1.807) is 23.6 Å². The lowest BCUT2D eigenvalue weighted by atomic mass is 10.1. The Kier molecular flexibility index (Phi) is 7.01. The molecule has 0 aliphatic carbocycles. The molecule has 0 fully saturated rings. The number of benzene rings is 2. The molecule has 0 atom stereocenters. The van der Waals surface area contributed by atoms with Gasteiger partial charge < -0.3 is 15.4 Å². The minimum absolute atomic E-state index is 0.242. The zero-order valence-electron chi connectivity index (χ0n) is 19.3. The summed E-state index contributed by atoms with van der Waals surface area (Å²) in [6.45, 7) is 7.56. The van der Waals surface area contributed by atoms with Gasteiger partial charge in [-0.2, -0.15) is 0 Å². The van der Waals surface area contributed by atoms with Gasteiger partial charge in [0.15, 0.2) is 0 Å². The van der Waals surface area contributed by atoms with Crippen LogP contribution in [0.25, 0.3) is 11.0 Å². The van der Waals surface area contributed by atoms with E-state index >= 15 is 0 Å². The molecule has 3 rings (SSSR count). The van der Waals surface area contributed by atoms with Crippen LogP contribution in [0.15, 0.2) is 41.2 Å². The van der Waals surface area contributed by atoms with Crippen LogP contribution in [-0.4, -0.2) is 40.1 Å². The van der Waals surface area contributed by atoms with Gasteiger partial charge in [0.2, 0.25) is 11.8 Å². The van der Waals surface area contributed by atoms with Crippen LogP contribution in [0.5, 0.6) is 0 Å². The van der Waals surface area contributed by atoms with Crippen LogP contribution in [-0.2, 0) is 27.4 Å². The lowest BCUT2D eigenvalue weighted by Gasteiger charge is -2.22. The molecule has 1 heterocycles. The zero-order chi connectivity index (χ0) is 24.3. The number of nitrogens with zero attached hydrogens (tertiary/aromatic N) is 3. The van der Waals surface area contributed by atoms with Crippen LogP contribution >= 0.6 is 0 Å². The van der Waals surface area contributed by atoms with Gasteiger partial charge in [-0.3, -0.25) is 18.7 Å². The monoisotopic (exact) mass is 452 g/mol.